The van der Waals surface area contributed by atoms with E-state index in [1.165, 1.54) is 0 Å². The first-order chi connectivity index (χ1) is 9.70. The SMILES string of the molecule is CCOc1ccc(C)cc1C(O)CCN1CCOCC1. The van der Waals surface area contributed by atoms with Crippen molar-refractivity contribution < 1.29 is 14.6 Å². The normalized spacial score (nSPS) is 17.9. The van der Waals surface area contributed by atoms with Crippen molar-refractivity contribution >= 4 is 0 Å². The van der Waals surface area contributed by atoms with Crippen LogP contribution in [0.3, 0.4) is 0 Å². The van der Waals surface area contributed by atoms with Gasteiger partial charge in [-0.15, -0.1) is 0 Å². The first-order valence-corrected chi connectivity index (χ1v) is 7.42. The zero-order chi connectivity index (χ0) is 14.4. The number of hydrogen-bond donors (Lipinski definition) is 1. The van der Waals surface area contributed by atoms with Crippen LogP contribution in [0.15, 0.2) is 18.2 Å². The lowest BCUT2D eigenvalue weighted by molar-refractivity contribution is 0.0298. The maximum absolute atomic E-state index is 10.4. The zero-order valence-corrected chi connectivity index (χ0v) is 12.5. The van der Waals surface area contributed by atoms with Crippen LogP contribution in [0.5, 0.6) is 5.75 Å². The van der Waals surface area contributed by atoms with Crippen LogP contribution < -0.4 is 4.74 Å². The molecular weight excluding hydrogens is 254 g/mol. The van der Waals surface area contributed by atoms with Gasteiger partial charge in [-0.25, -0.2) is 0 Å². The second-order valence-electron chi connectivity index (χ2n) is 5.23. The van der Waals surface area contributed by atoms with Gasteiger partial charge in [0, 0.05) is 25.2 Å². The van der Waals surface area contributed by atoms with Crippen molar-refractivity contribution in [3.63, 3.8) is 0 Å². The largest absolute Gasteiger partial charge is 0.493 e. The summed E-state index contributed by atoms with van der Waals surface area (Å²) in [5.41, 5.74) is 2.05. The van der Waals surface area contributed by atoms with Gasteiger partial charge in [0.25, 0.3) is 0 Å². The summed E-state index contributed by atoms with van der Waals surface area (Å²) >= 11 is 0. The number of aliphatic hydroxyl groups is 1. The van der Waals surface area contributed by atoms with Gasteiger partial charge in [-0.2, -0.15) is 0 Å². The van der Waals surface area contributed by atoms with E-state index in [1.54, 1.807) is 0 Å². The average Bonchev–Trinajstić information content (AvgIpc) is 2.48. The van der Waals surface area contributed by atoms with Crippen molar-refractivity contribution in [2.75, 3.05) is 39.5 Å². The number of morpholine rings is 1. The molecule has 0 aliphatic carbocycles. The lowest BCUT2D eigenvalue weighted by Crippen LogP contribution is -2.37. The number of benzene rings is 1. The maximum atomic E-state index is 10.4. The molecule has 1 heterocycles. The van der Waals surface area contributed by atoms with E-state index in [1.807, 2.05) is 32.0 Å². The Morgan fingerprint density at radius 2 is 2.10 bits per heavy atom. The third-order valence-electron chi connectivity index (χ3n) is 3.65. The molecule has 0 aromatic heterocycles. The van der Waals surface area contributed by atoms with E-state index in [0.717, 1.165) is 56.1 Å². The van der Waals surface area contributed by atoms with Crippen molar-refractivity contribution in [1.29, 1.82) is 0 Å². The minimum Gasteiger partial charge on any atom is -0.493 e. The molecular formula is C16H25NO3. The van der Waals surface area contributed by atoms with Crippen LogP contribution in [-0.4, -0.2) is 49.5 Å². The molecule has 1 unspecified atom stereocenters. The van der Waals surface area contributed by atoms with E-state index in [9.17, 15) is 5.11 Å². The molecule has 1 fully saturated rings. The molecule has 1 aromatic rings. The molecule has 0 saturated carbocycles. The van der Waals surface area contributed by atoms with E-state index >= 15 is 0 Å². The minimum absolute atomic E-state index is 0.473. The molecule has 2 rings (SSSR count). The van der Waals surface area contributed by atoms with Crippen LogP contribution in [0.2, 0.25) is 0 Å². The van der Waals surface area contributed by atoms with E-state index in [-0.39, 0.29) is 0 Å². The maximum Gasteiger partial charge on any atom is 0.125 e. The molecule has 20 heavy (non-hydrogen) atoms. The van der Waals surface area contributed by atoms with E-state index in [2.05, 4.69) is 4.90 Å². The Morgan fingerprint density at radius 1 is 1.35 bits per heavy atom. The molecule has 4 nitrogen and oxygen atoms in total. The van der Waals surface area contributed by atoms with E-state index in [0.29, 0.717) is 6.61 Å². The summed E-state index contributed by atoms with van der Waals surface area (Å²) in [7, 11) is 0. The smallest absolute Gasteiger partial charge is 0.125 e. The fourth-order valence-corrected chi connectivity index (χ4v) is 2.50. The van der Waals surface area contributed by atoms with Crippen molar-refractivity contribution in [3.05, 3.63) is 29.3 Å². The summed E-state index contributed by atoms with van der Waals surface area (Å²) in [6, 6.07) is 5.99. The van der Waals surface area contributed by atoms with Gasteiger partial charge in [0.15, 0.2) is 0 Å². The van der Waals surface area contributed by atoms with Gasteiger partial charge < -0.3 is 14.6 Å². The van der Waals surface area contributed by atoms with Crippen LogP contribution in [0.1, 0.15) is 30.6 Å². The fourth-order valence-electron chi connectivity index (χ4n) is 2.50. The number of aliphatic hydroxyl groups excluding tert-OH is 1. The van der Waals surface area contributed by atoms with Crippen LogP contribution in [0.25, 0.3) is 0 Å². The van der Waals surface area contributed by atoms with Crippen LogP contribution in [0.4, 0.5) is 0 Å². The number of hydrogen-bond acceptors (Lipinski definition) is 4. The number of rotatable bonds is 6. The van der Waals surface area contributed by atoms with Crippen LogP contribution >= 0.6 is 0 Å². The summed E-state index contributed by atoms with van der Waals surface area (Å²) < 4.78 is 10.9. The average molecular weight is 279 g/mol. The van der Waals surface area contributed by atoms with Crippen molar-refractivity contribution in [2.45, 2.75) is 26.4 Å². The third-order valence-corrected chi connectivity index (χ3v) is 3.65. The molecule has 1 atom stereocenters. The van der Waals surface area contributed by atoms with Crippen LogP contribution in [0, 0.1) is 6.92 Å². The monoisotopic (exact) mass is 279 g/mol. The quantitative estimate of drug-likeness (QED) is 0.866. The Hall–Kier alpha value is -1.10. The number of nitrogens with zero attached hydrogens (tertiary/aromatic N) is 1. The molecule has 4 heteroatoms. The van der Waals surface area contributed by atoms with Crippen molar-refractivity contribution in [2.24, 2.45) is 0 Å². The first kappa shape index (κ1) is 15.3. The Bertz CT molecular complexity index is 416. The van der Waals surface area contributed by atoms with Crippen LogP contribution in [-0.2, 0) is 4.74 Å². The van der Waals surface area contributed by atoms with Crippen molar-refractivity contribution in [3.8, 4) is 5.75 Å². The highest BCUT2D eigenvalue weighted by atomic mass is 16.5. The highest BCUT2D eigenvalue weighted by Crippen LogP contribution is 2.28. The Balaban J connectivity index is 1.96. The second-order valence-corrected chi connectivity index (χ2v) is 5.23. The summed E-state index contributed by atoms with van der Waals surface area (Å²) in [6.45, 7) is 9.02. The molecule has 1 saturated heterocycles. The standard InChI is InChI=1S/C16H25NO3/c1-3-20-16-5-4-13(2)12-14(16)15(18)6-7-17-8-10-19-11-9-17/h4-5,12,15,18H,3,6-11H2,1-2H3. The molecule has 1 aromatic carbocycles. The molecule has 0 amide bonds. The summed E-state index contributed by atoms with van der Waals surface area (Å²) in [5.74, 6) is 0.799. The van der Waals surface area contributed by atoms with Gasteiger partial charge in [-0.1, -0.05) is 11.6 Å². The molecule has 1 aliphatic heterocycles. The fraction of sp³-hybridized carbons (Fsp3) is 0.625. The number of ether oxygens (including phenoxy) is 2. The Morgan fingerprint density at radius 3 is 2.80 bits per heavy atom. The molecule has 0 spiro atoms. The zero-order valence-electron chi connectivity index (χ0n) is 12.5. The molecule has 0 bridgehead atoms. The predicted molar refractivity (Wildman–Crippen MR) is 79.2 cm³/mol. The molecule has 0 radical (unpaired) electrons. The van der Waals surface area contributed by atoms with Gasteiger partial charge in [0.1, 0.15) is 5.75 Å². The van der Waals surface area contributed by atoms with E-state index < -0.39 is 6.10 Å². The summed E-state index contributed by atoms with van der Waals surface area (Å²) in [6.07, 6.45) is 0.253. The lowest BCUT2D eigenvalue weighted by atomic mass is 10.0. The molecule has 1 N–H and O–H groups in total. The molecule has 112 valence electrons. The highest BCUT2D eigenvalue weighted by molar-refractivity contribution is 5.38. The Labute approximate surface area is 121 Å². The highest BCUT2D eigenvalue weighted by Gasteiger charge is 2.17. The second kappa shape index (κ2) is 7.62. The van der Waals surface area contributed by atoms with Gasteiger partial charge >= 0.3 is 0 Å². The van der Waals surface area contributed by atoms with Gasteiger partial charge in [-0.3, -0.25) is 4.90 Å². The van der Waals surface area contributed by atoms with E-state index in [4.69, 9.17) is 9.47 Å². The molecule has 1 aliphatic rings. The predicted octanol–water partition coefficient (Wildman–Crippen LogP) is 2.15. The Kier molecular flexibility index (Phi) is 5.83. The van der Waals surface area contributed by atoms with Gasteiger partial charge in [0.05, 0.1) is 25.9 Å². The number of aryl methyl sites for hydroxylation is 1. The minimum atomic E-state index is -0.473. The van der Waals surface area contributed by atoms with Gasteiger partial charge in [0.2, 0.25) is 0 Å². The summed E-state index contributed by atoms with van der Waals surface area (Å²) in [4.78, 5) is 2.34. The topological polar surface area (TPSA) is 41.9 Å². The van der Waals surface area contributed by atoms with Crippen molar-refractivity contribution in [1.82, 2.24) is 4.90 Å². The summed E-state index contributed by atoms with van der Waals surface area (Å²) in [5, 5.41) is 10.4. The first-order valence-electron chi connectivity index (χ1n) is 7.42. The third kappa shape index (κ3) is 4.20. The van der Waals surface area contributed by atoms with Gasteiger partial charge in [-0.05, 0) is 32.4 Å². The lowest BCUT2D eigenvalue weighted by Gasteiger charge is -2.27.